The Balaban J connectivity index is 2.14. The number of carboxylic acids is 1. The second-order valence-electron chi connectivity index (χ2n) is 5.40. The Labute approximate surface area is 140 Å². The second kappa shape index (κ2) is 8.35. The van der Waals surface area contributed by atoms with Crippen LogP contribution >= 0.6 is 0 Å². The Kier molecular flexibility index (Phi) is 6.20. The van der Waals surface area contributed by atoms with Gasteiger partial charge in [-0.25, -0.2) is 4.79 Å². The fraction of sp³-hybridized carbons (Fsp3) is 0.412. The van der Waals surface area contributed by atoms with Crippen LogP contribution in [0.1, 0.15) is 25.3 Å². The molecule has 24 heavy (non-hydrogen) atoms. The zero-order valence-corrected chi connectivity index (χ0v) is 13.7. The molecule has 2 N–H and O–H groups in total. The maximum Gasteiger partial charge on any atom is 0.352 e. The summed E-state index contributed by atoms with van der Waals surface area (Å²) in [4.78, 5) is 22.2. The monoisotopic (exact) mass is 335 g/mol. The van der Waals surface area contributed by atoms with Crippen LogP contribution in [-0.2, 0) is 14.3 Å². The van der Waals surface area contributed by atoms with E-state index in [9.17, 15) is 9.59 Å². The first-order valence-electron chi connectivity index (χ1n) is 7.64. The van der Waals surface area contributed by atoms with Crippen molar-refractivity contribution in [2.75, 3.05) is 20.3 Å². The lowest BCUT2D eigenvalue weighted by atomic mass is 10.1. The van der Waals surface area contributed by atoms with Gasteiger partial charge < -0.3 is 24.6 Å². The number of nitrogens with one attached hydrogen (secondary N) is 1. The van der Waals surface area contributed by atoms with Crippen molar-refractivity contribution in [3.05, 3.63) is 29.5 Å². The molecule has 1 saturated heterocycles. The minimum atomic E-state index is -1.22. The van der Waals surface area contributed by atoms with Gasteiger partial charge in [0, 0.05) is 13.5 Å². The van der Waals surface area contributed by atoms with Gasteiger partial charge in [0.15, 0.2) is 11.5 Å². The number of hydrogen-bond donors (Lipinski definition) is 2. The van der Waals surface area contributed by atoms with Crippen LogP contribution in [0.4, 0.5) is 0 Å². The highest BCUT2D eigenvalue weighted by Gasteiger charge is 2.17. The van der Waals surface area contributed by atoms with Crippen molar-refractivity contribution in [2.24, 2.45) is 0 Å². The highest BCUT2D eigenvalue weighted by molar-refractivity contribution is 5.96. The van der Waals surface area contributed by atoms with Crippen molar-refractivity contribution in [2.45, 2.75) is 25.9 Å². The summed E-state index contributed by atoms with van der Waals surface area (Å²) < 4.78 is 16.5. The van der Waals surface area contributed by atoms with E-state index in [1.165, 1.54) is 20.1 Å². The quantitative estimate of drug-likeness (QED) is 0.738. The van der Waals surface area contributed by atoms with Crippen molar-refractivity contribution in [3.63, 3.8) is 0 Å². The summed E-state index contributed by atoms with van der Waals surface area (Å²) in [6, 6.07) is 5.04. The zero-order valence-electron chi connectivity index (χ0n) is 13.7. The third-order valence-electron chi connectivity index (χ3n) is 3.49. The maximum absolute atomic E-state index is 11.2. The molecule has 0 aliphatic carbocycles. The Hall–Kier alpha value is -2.54. The van der Waals surface area contributed by atoms with Gasteiger partial charge in [-0.1, -0.05) is 6.07 Å². The number of hydrogen-bond acceptors (Lipinski definition) is 5. The largest absolute Gasteiger partial charge is 0.493 e. The van der Waals surface area contributed by atoms with E-state index < -0.39 is 11.9 Å². The van der Waals surface area contributed by atoms with E-state index >= 15 is 0 Å². The smallest absolute Gasteiger partial charge is 0.352 e. The standard InChI is InChI=1S/C17H21NO6/c1-11(19)18-14(17(20)21)8-12-5-6-15(16(9-12)22-2)24-10-13-4-3-7-23-13/h5-6,8-9,13H,3-4,7,10H2,1-2H3,(H,18,19)(H,20,21)/b14-8-. The number of benzene rings is 1. The molecule has 1 heterocycles. The average molecular weight is 335 g/mol. The highest BCUT2D eigenvalue weighted by Crippen LogP contribution is 2.29. The molecule has 1 atom stereocenters. The van der Waals surface area contributed by atoms with Crippen molar-refractivity contribution in [1.82, 2.24) is 5.32 Å². The van der Waals surface area contributed by atoms with Crippen LogP contribution in [0.2, 0.25) is 0 Å². The lowest BCUT2D eigenvalue weighted by Gasteiger charge is -2.14. The van der Waals surface area contributed by atoms with Gasteiger partial charge in [-0.15, -0.1) is 0 Å². The first kappa shape index (κ1) is 17.8. The molecule has 1 fully saturated rings. The normalized spacial score (nSPS) is 17.4. The van der Waals surface area contributed by atoms with E-state index in [0.29, 0.717) is 23.7 Å². The van der Waals surface area contributed by atoms with Crippen molar-refractivity contribution < 1.29 is 28.9 Å². The summed E-state index contributed by atoms with van der Waals surface area (Å²) in [5, 5.41) is 11.4. The maximum atomic E-state index is 11.2. The van der Waals surface area contributed by atoms with Gasteiger partial charge in [0.1, 0.15) is 12.3 Å². The minimum absolute atomic E-state index is 0.0904. The molecular formula is C17H21NO6. The molecule has 1 unspecified atom stereocenters. The fourth-order valence-corrected chi connectivity index (χ4v) is 2.36. The van der Waals surface area contributed by atoms with Crippen molar-refractivity contribution in [1.29, 1.82) is 0 Å². The SMILES string of the molecule is COc1cc(/C=C(\NC(C)=O)C(=O)O)ccc1OCC1CCCO1. The van der Waals surface area contributed by atoms with Crippen LogP contribution in [0.15, 0.2) is 23.9 Å². The predicted octanol–water partition coefficient (Wildman–Crippen LogP) is 1.81. The number of rotatable bonds is 7. The van der Waals surface area contributed by atoms with Gasteiger partial charge in [-0.2, -0.15) is 0 Å². The molecule has 1 aliphatic rings. The molecule has 0 aromatic heterocycles. The lowest BCUT2D eigenvalue weighted by molar-refractivity contribution is -0.134. The lowest BCUT2D eigenvalue weighted by Crippen LogP contribution is -2.24. The molecule has 7 nitrogen and oxygen atoms in total. The van der Waals surface area contributed by atoms with Gasteiger partial charge in [0.05, 0.1) is 13.2 Å². The van der Waals surface area contributed by atoms with Crippen LogP contribution in [0.25, 0.3) is 6.08 Å². The molecule has 1 aliphatic heterocycles. The van der Waals surface area contributed by atoms with Crippen molar-refractivity contribution in [3.8, 4) is 11.5 Å². The van der Waals surface area contributed by atoms with E-state index in [2.05, 4.69) is 5.32 Å². The van der Waals surface area contributed by atoms with Crippen LogP contribution in [0.3, 0.4) is 0 Å². The van der Waals surface area contributed by atoms with E-state index in [4.69, 9.17) is 19.3 Å². The zero-order chi connectivity index (χ0) is 17.5. The molecule has 130 valence electrons. The van der Waals surface area contributed by atoms with Crippen LogP contribution in [0.5, 0.6) is 11.5 Å². The fourth-order valence-electron chi connectivity index (χ4n) is 2.36. The van der Waals surface area contributed by atoms with Crippen LogP contribution in [0, 0.1) is 0 Å². The van der Waals surface area contributed by atoms with E-state index in [-0.39, 0.29) is 11.8 Å². The molecular weight excluding hydrogens is 314 g/mol. The topological polar surface area (TPSA) is 94.1 Å². The number of methoxy groups -OCH3 is 1. The molecule has 0 bridgehead atoms. The Morgan fingerprint density at radius 1 is 1.42 bits per heavy atom. The molecule has 0 radical (unpaired) electrons. The summed E-state index contributed by atoms with van der Waals surface area (Å²) in [6.07, 6.45) is 3.46. The Morgan fingerprint density at radius 2 is 2.21 bits per heavy atom. The molecule has 1 aromatic rings. The number of carbonyl (C=O) groups excluding carboxylic acids is 1. The molecule has 0 spiro atoms. The average Bonchev–Trinajstić information content (AvgIpc) is 3.05. The molecule has 1 aromatic carbocycles. The molecule has 1 amide bonds. The first-order chi connectivity index (χ1) is 11.5. The molecule has 2 rings (SSSR count). The number of aliphatic carboxylic acids is 1. The Bertz CT molecular complexity index is 634. The number of amides is 1. The van der Waals surface area contributed by atoms with E-state index in [1.807, 2.05) is 0 Å². The van der Waals surface area contributed by atoms with Gasteiger partial charge in [-0.3, -0.25) is 4.79 Å². The van der Waals surface area contributed by atoms with Gasteiger partial charge in [0.2, 0.25) is 5.91 Å². The first-order valence-corrected chi connectivity index (χ1v) is 7.64. The predicted molar refractivity (Wildman–Crippen MR) is 86.9 cm³/mol. The third-order valence-corrected chi connectivity index (χ3v) is 3.49. The molecule has 7 heteroatoms. The summed E-state index contributed by atoms with van der Waals surface area (Å²) in [6.45, 7) is 2.45. The van der Waals surface area contributed by atoms with Gasteiger partial charge >= 0.3 is 5.97 Å². The van der Waals surface area contributed by atoms with Gasteiger partial charge in [0.25, 0.3) is 0 Å². The molecule has 0 saturated carbocycles. The number of ether oxygens (including phenoxy) is 3. The highest BCUT2D eigenvalue weighted by atomic mass is 16.5. The summed E-state index contributed by atoms with van der Waals surface area (Å²) in [5.74, 6) is -0.633. The number of carboxylic acid groups (broad SMARTS) is 1. The van der Waals surface area contributed by atoms with Gasteiger partial charge in [-0.05, 0) is 36.6 Å². The Morgan fingerprint density at radius 3 is 2.79 bits per heavy atom. The summed E-state index contributed by atoms with van der Waals surface area (Å²) in [7, 11) is 1.51. The van der Waals surface area contributed by atoms with Crippen LogP contribution in [-0.4, -0.2) is 43.4 Å². The van der Waals surface area contributed by atoms with E-state index in [0.717, 1.165) is 19.4 Å². The number of carbonyl (C=O) groups is 2. The third kappa shape index (κ3) is 4.99. The van der Waals surface area contributed by atoms with E-state index in [1.54, 1.807) is 18.2 Å². The summed E-state index contributed by atoms with van der Waals surface area (Å²) in [5.41, 5.74) is 0.361. The minimum Gasteiger partial charge on any atom is -0.493 e. The van der Waals surface area contributed by atoms with Crippen molar-refractivity contribution >= 4 is 18.0 Å². The van der Waals surface area contributed by atoms with Crippen LogP contribution < -0.4 is 14.8 Å². The summed E-state index contributed by atoms with van der Waals surface area (Å²) >= 11 is 0. The second-order valence-corrected chi connectivity index (χ2v) is 5.40.